The van der Waals surface area contributed by atoms with Gasteiger partial charge in [0.1, 0.15) is 5.84 Å². The van der Waals surface area contributed by atoms with Crippen LogP contribution >= 0.6 is 0 Å². The maximum absolute atomic E-state index is 12.8. The second-order valence-electron chi connectivity index (χ2n) is 6.70. The highest BCUT2D eigenvalue weighted by atomic mass is 16.2. The summed E-state index contributed by atoms with van der Waals surface area (Å²) >= 11 is 0. The Hall–Kier alpha value is -2.21. The highest BCUT2D eigenvalue weighted by Crippen LogP contribution is 2.43. The summed E-state index contributed by atoms with van der Waals surface area (Å²) in [6.45, 7) is 4.54. The number of rotatable bonds is 5. The van der Waals surface area contributed by atoms with E-state index in [2.05, 4.69) is 12.2 Å². The first-order valence-electron chi connectivity index (χ1n) is 8.51. The van der Waals surface area contributed by atoms with Crippen LogP contribution in [0.25, 0.3) is 0 Å². The molecule has 2 heterocycles. The van der Waals surface area contributed by atoms with Gasteiger partial charge in [-0.3, -0.25) is 19.9 Å². The molecule has 0 saturated carbocycles. The Bertz CT molecular complexity index is 670. The molecule has 1 aromatic rings. The molecule has 1 aromatic carbocycles. The van der Waals surface area contributed by atoms with Crippen molar-refractivity contribution >= 4 is 17.6 Å². The molecular formula is C18H24N4O2. The molecule has 0 unspecified atom stereocenters. The third-order valence-electron chi connectivity index (χ3n) is 5.15. The van der Waals surface area contributed by atoms with Gasteiger partial charge in [0.25, 0.3) is 0 Å². The van der Waals surface area contributed by atoms with Gasteiger partial charge >= 0.3 is 0 Å². The Kier molecular flexibility index (Phi) is 4.41. The molecule has 0 aromatic heterocycles. The second-order valence-corrected chi connectivity index (χ2v) is 6.70. The van der Waals surface area contributed by atoms with Gasteiger partial charge in [-0.1, -0.05) is 37.6 Å². The number of nitrogens with two attached hydrogens (primary N) is 1. The molecule has 0 aliphatic carbocycles. The predicted molar refractivity (Wildman–Crippen MR) is 91.4 cm³/mol. The Morgan fingerprint density at radius 2 is 1.83 bits per heavy atom. The van der Waals surface area contributed by atoms with Crippen molar-refractivity contribution in [2.45, 2.75) is 38.8 Å². The van der Waals surface area contributed by atoms with Gasteiger partial charge in [0.15, 0.2) is 0 Å². The summed E-state index contributed by atoms with van der Waals surface area (Å²) in [4.78, 5) is 26.9. The van der Waals surface area contributed by atoms with Crippen LogP contribution in [0, 0.1) is 17.2 Å². The summed E-state index contributed by atoms with van der Waals surface area (Å²) in [6, 6.07) is 7.14. The number of amides is 2. The van der Waals surface area contributed by atoms with E-state index in [9.17, 15) is 9.59 Å². The van der Waals surface area contributed by atoms with E-state index in [1.165, 1.54) is 4.90 Å². The molecule has 2 fully saturated rings. The van der Waals surface area contributed by atoms with Crippen molar-refractivity contribution in [2.75, 3.05) is 6.54 Å². The lowest BCUT2D eigenvalue weighted by atomic mass is 9.87. The summed E-state index contributed by atoms with van der Waals surface area (Å²) in [5.74, 6) is -0.707. The van der Waals surface area contributed by atoms with Crippen molar-refractivity contribution < 1.29 is 9.59 Å². The number of hydrogen-bond acceptors (Lipinski definition) is 4. The zero-order valence-electron chi connectivity index (χ0n) is 14.1. The van der Waals surface area contributed by atoms with Crippen LogP contribution in [-0.4, -0.2) is 35.1 Å². The van der Waals surface area contributed by atoms with Crippen LogP contribution in [0.4, 0.5) is 0 Å². The van der Waals surface area contributed by atoms with Crippen molar-refractivity contribution in [3.05, 3.63) is 35.4 Å². The molecule has 0 bridgehead atoms. The van der Waals surface area contributed by atoms with Gasteiger partial charge in [-0.15, -0.1) is 0 Å². The molecule has 6 heteroatoms. The Morgan fingerprint density at radius 3 is 2.42 bits per heavy atom. The number of nitrogens with one attached hydrogen (secondary N) is 2. The first-order chi connectivity index (χ1) is 11.5. The zero-order chi connectivity index (χ0) is 17.4. The molecule has 4 N–H and O–H groups in total. The van der Waals surface area contributed by atoms with Crippen molar-refractivity contribution in [3.8, 4) is 0 Å². The Morgan fingerprint density at radius 1 is 1.21 bits per heavy atom. The van der Waals surface area contributed by atoms with E-state index in [1.807, 2.05) is 19.1 Å². The van der Waals surface area contributed by atoms with Crippen LogP contribution in [-0.2, 0) is 9.59 Å². The molecule has 2 aliphatic rings. The highest BCUT2D eigenvalue weighted by Gasteiger charge is 2.57. The topological polar surface area (TPSA) is 99.3 Å². The minimum Gasteiger partial charge on any atom is -0.384 e. The Labute approximate surface area is 141 Å². The number of carbonyl (C=O) groups excluding carboxylic acids is 2. The predicted octanol–water partition coefficient (Wildman–Crippen LogP) is 1.40. The number of unbranched alkanes of at least 4 members (excludes halogenated alkanes) is 1. The number of carbonyl (C=O) groups is 2. The molecule has 4 atom stereocenters. The van der Waals surface area contributed by atoms with E-state index in [4.69, 9.17) is 11.1 Å². The molecule has 2 aliphatic heterocycles. The monoisotopic (exact) mass is 328 g/mol. The van der Waals surface area contributed by atoms with Gasteiger partial charge in [0.2, 0.25) is 11.8 Å². The largest absolute Gasteiger partial charge is 0.384 e. The lowest BCUT2D eigenvalue weighted by Gasteiger charge is -2.21. The van der Waals surface area contributed by atoms with Crippen molar-refractivity contribution in [1.82, 2.24) is 10.2 Å². The maximum Gasteiger partial charge on any atom is 0.235 e. The van der Waals surface area contributed by atoms with Gasteiger partial charge in [-0.05, 0) is 18.9 Å². The van der Waals surface area contributed by atoms with E-state index in [0.717, 1.165) is 18.4 Å². The van der Waals surface area contributed by atoms with Crippen molar-refractivity contribution in [1.29, 1.82) is 5.41 Å². The quantitative estimate of drug-likeness (QED) is 0.432. The third-order valence-corrected chi connectivity index (χ3v) is 5.15. The SMILES string of the molecule is CCCCN1C(=O)[C@@H]2[C@H](C1=O)[C@@H](C)N[C@@H]2c1ccc(C(=N)N)cc1. The first kappa shape index (κ1) is 16.6. The van der Waals surface area contributed by atoms with Gasteiger partial charge in [0.05, 0.1) is 11.8 Å². The Balaban J connectivity index is 1.87. The molecule has 128 valence electrons. The van der Waals surface area contributed by atoms with Crippen molar-refractivity contribution in [2.24, 2.45) is 17.6 Å². The maximum atomic E-state index is 12.8. The van der Waals surface area contributed by atoms with Crippen LogP contribution in [0.15, 0.2) is 24.3 Å². The van der Waals surface area contributed by atoms with E-state index >= 15 is 0 Å². The van der Waals surface area contributed by atoms with Crippen LogP contribution in [0.3, 0.4) is 0 Å². The summed E-state index contributed by atoms with van der Waals surface area (Å²) in [5, 5.41) is 10.9. The average molecular weight is 328 g/mol. The normalized spacial score (nSPS) is 29.2. The van der Waals surface area contributed by atoms with Gasteiger partial charge in [0, 0.05) is 24.2 Å². The fraction of sp³-hybridized carbons (Fsp3) is 0.500. The first-order valence-corrected chi connectivity index (χ1v) is 8.51. The second kappa shape index (κ2) is 6.36. The summed E-state index contributed by atoms with van der Waals surface area (Å²) in [6.07, 6.45) is 1.80. The minimum absolute atomic E-state index is 0.0186. The van der Waals surface area contributed by atoms with Gasteiger partial charge in [-0.25, -0.2) is 0 Å². The number of imide groups is 1. The van der Waals surface area contributed by atoms with Crippen LogP contribution in [0.2, 0.25) is 0 Å². The summed E-state index contributed by atoms with van der Waals surface area (Å²) in [7, 11) is 0. The van der Waals surface area contributed by atoms with Crippen LogP contribution in [0.1, 0.15) is 43.9 Å². The molecule has 3 rings (SSSR count). The van der Waals surface area contributed by atoms with E-state index < -0.39 is 0 Å². The van der Waals surface area contributed by atoms with Crippen LogP contribution in [0.5, 0.6) is 0 Å². The standard InChI is InChI=1S/C18H24N4O2/c1-3-4-9-22-17(23)13-10(2)21-15(14(13)18(22)24)11-5-7-12(8-6-11)16(19)20/h5-8,10,13-15,21H,3-4,9H2,1-2H3,(H3,19,20)/t10-,13-,14-,15-/m1/s1. The summed E-state index contributed by atoms with van der Waals surface area (Å²) < 4.78 is 0. The smallest absolute Gasteiger partial charge is 0.235 e. The number of nitrogens with zero attached hydrogens (tertiary/aromatic N) is 1. The molecular weight excluding hydrogens is 304 g/mol. The zero-order valence-corrected chi connectivity index (χ0v) is 14.1. The molecule has 0 spiro atoms. The number of hydrogen-bond donors (Lipinski definition) is 3. The molecule has 0 radical (unpaired) electrons. The number of fused-ring (bicyclic) bond motifs is 1. The third kappa shape index (κ3) is 2.60. The van der Waals surface area contributed by atoms with Gasteiger partial charge in [-0.2, -0.15) is 0 Å². The highest BCUT2D eigenvalue weighted by molar-refractivity contribution is 6.06. The number of likely N-dealkylation sites (tertiary alicyclic amines) is 1. The minimum atomic E-state index is -0.340. The molecule has 6 nitrogen and oxygen atoms in total. The van der Waals surface area contributed by atoms with E-state index in [-0.39, 0.29) is 41.6 Å². The van der Waals surface area contributed by atoms with Crippen LogP contribution < -0.4 is 11.1 Å². The molecule has 2 amide bonds. The molecule has 2 saturated heterocycles. The fourth-order valence-corrected chi connectivity index (χ4v) is 3.85. The lowest BCUT2D eigenvalue weighted by Crippen LogP contribution is -2.38. The fourth-order valence-electron chi connectivity index (χ4n) is 3.85. The number of nitrogen functional groups attached to an aromatic ring is 1. The van der Waals surface area contributed by atoms with Gasteiger partial charge < -0.3 is 11.1 Å². The number of benzene rings is 1. The van der Waals surface area contributed by atoms with E-state index in [1.54, 1.807) is 12.1 Å². The molecule has 24 heavy (non-hydrogen) atoms. The average Bonchev–Trinajstić information content (AvgIpc) is 3.03. The number of amidine groups is 1. The summed E-state index contributed by atoms with van der Waals surface area (Å²) in [5.41, 5.74) is 7.10. The van der Waals surface area contributed by atoms with E-state index in [0.29, 0.717) is 12.1 Å². The lowest BCUT2D eigenvalue weighted by molar-refractivity contribution is -0.140. The van der Waals surface area contributed by atoms with Crippen molar-refractivity contribution in [3.63, 3.8) is 0 Å².